The van der Waals surface area contributed by atoms with Crippen molar-refractivity contribution in [1.29, 1.82) is 0 Å². The Bertz CT molecular complexity index is 583. The molecule has 1 aromatic heterocycles. The van der Waals surface area contributed by atoms with Gasteiger partial charge < -0.3 is 14.9 Å². The first-order valence-corrected chi connectivity index (χ1v) is 7.27. The summed E-state index contributed by atoms with van der Waals surface area (Å²) in [5.74, 6) is 0.885. The van der Waals surface area contributed by atoms with Crippen LogP contribution in [0.1, 0.15) is 11.3 Å². The molecule has 0 aliphatic heterocycles. The Morgan fingerprint density at radius 1 is 1.32 bits per heavy atom. The average Bonchev–Trinajstić information content (AvgIpc) is 2.91. The number of nitrogens with one attached hydrogen (secondary N) is 1. The second-order valence-corrected chi connectivity index (χ2v) is 5.11. The maximum absolute atomic E-state index is 12.0. The summed E-state index contributed by atoms with van der Waals surface area (Å²) in [5, 5.41) is 15.5. The summed E-state index contributed by atoms with van der Waals surface area (Å²) in [6, 6.07) is 11.7. The monoisotopic (exact) mass is 303 g/mol. The number of aromatic nitrogens is 1. The van der Waals surface area contributed by atoms with Gasteiger partial charge in [0, 0.05) is 19.2 Å². The van der Waals surface area contributed by atoms with E-state index in [0.717, 1.165) is 6.42 Å². The molecule has 0 saturated carbocycles. The van der Waals surface area contributed by atoms with E-state index < -0.39 is 0 Å². The first-order chi connectivity index (χ1) is 10.7. The van der Waals surface area contributed by atoms with Gasteiger partial charge >= 0.3 is 0 Å². The summed E-state index contributed by atoms with van der Waals surface area (Å²) in [6.45, 7) is 3.15. The van der Waals surface area contributed by atoms with Crippen LogP contribution in [0, 0.1) is 6.92 Å². The number of hydrogen-bond donors (Lipinski definition) is 2. The fourth-order valence-electron chi connectivity index (χ4n) is 2.15. The lowest BCUT2D eigenvalue weighted by Crippen LogP contribution is -2.36. The van der Waals surface area contributed by atoms with Crippen molar-refractivity contribution in [2.75, 3.05) is 31.6 Å². The van der Waals surface area contributed by atoms with E-state index in [1.807, 2.05) is 23.1 Å². The summed E-state index contributed by atoms with van der Waals surface area (Å²) in [7, 11) is 0. The Kier molecular flexibility index (Phi) is 6.12. The normalized spacial score (nSPS) is 10.9. The first kappa shape index (κ1) is 16.2. The minimum atomic E-state index is -0.171. The molecule has 2 rings (SSSR count). The molecule has 0 bridgehead atoms. The molecule has 1 aromatic carbocycles. The zero-order valence-electron chi connectivity index (χ0n) is 12.7. The molecular weight excluding hydrogens is 282 g/mol. The van der Waals surface area contributed by atoms with E-state index in [-0.39, 0.29) is 19.1 Å². The second-order valence-electron chi connectivity index (χ2n) is 5.11. The zero-order valence-corrected chi connectivity index (χ0v) is 12.7. The molecule has 0 unspecified atom stereocenters. The lowest BCUT2D eigenvalue weighted by Gasteiger charge is -2.20. The van der Waals surface area contributed by atoms with E-state index in [0.29, 0.717) is 24.7 Å². The Morgan fingerprint density at radius 2 is 2.09 bits per heavy atom. The molecular formula is C16H21N3O3. The highest BCUT2D eigenvalue weighted by atomic mass is 16.5. The van der Waals surface area contributed by atoms with E-state index in [4.69, 9.17) is 9.63 Å². The highest BCUT2D eigenvalue weighted by Gasteiger charge is 2.12. The van der Waals surface area contributed by atoms with Gasteiger partial charge in [0.15, 0.2) is 5.82 Å². The number of amides is 1. The molecule has 22 heavy (non-hydrogen) atoms. The number of rotatable bonds is 8. The van der Waals surface area contributed by atoms with Crippen LogP contribution in [0.25, 0.3) is 0 Å². The van der Waals surface area contributed by atoms with Crippen LogP contribution in [0.15, 0.2) is 40.9 Å². The first-order valence-electron chi connectivity index (χ1n) is 7.27. The molecule has 6 nitrogen and oxygen atoms in total. The molecule has 2 aromatic rings. The zero-order chi connectivity index (χ0) is 15.8. The number of aryl methyl sites for hydroxylation is 1. The van der Waals surface area contributed by atoms with Gasteiger partial charge in [-0.15, -0.1) is 0 Å². The molecule has 0 fully saturated rings. The number of aliphatic hydroxyl groups excluding tert-OH is 1. The van der Waals surface area contributed by atoms with Crippen molar-refractivity contribution >= 4 is 11.7 Å². The minimum absolute atomic E-state index is 0.0190. The Morgan fingerprint density at radius 3 is 2.73 bits per heavy atom. The fraction of sp³-hybridized carbons (Fsp3) is 0.375. The Balaban J connectivity index is 1.83. The Labute approximate surface area is 129 Å². The van der Waals surface area contributed by atoms with Gasteiger partial charge in [-0.1, -0.05) is 35.5 Å². The van der Waals surface area contributed by atoms with Gasteiger partial charge in [-0.25, -0.2) is 0 Å². The third kappa shape index (κ3) is 5.31. The van der Waals surface area contributed by atoms with E-state index in [1.54, 1.807) is 13.0 Å². The molecule has 1 amide bonds. The smallest absolute Gasteiger partial charge is 0.239 e. The maximum atomic E-state index is 12.0. The molecule has 0 spiro atoms. The van der Waals surface area contributed by atoms with Gasteiger partial charge in [0.2, 0.25) is 5.91 Å². The van der Waals surface area contributed by atoms with Gasteiger partial charge in [0.05, 0.1) is 13.2 Å². The second kappa shape index (κ2) is 8.31. The minimum Gasteiger partial charge on any atom is -0.395 e. The third-order valence-corrected chi connectivity index (χ3v) is 3.24. The van der Waals surface area contributed by atoms with Crippen LogP contribution in [-0.2, 0) is 11.2 Å². The summed E-state index contributed by atoms with van der Waals surface area (Å²) < 4.78 is 4.90. The molecule has 0 aliphatic carbocycles. The van der Waals surface area contributed by atoms with Gasteiger partial charge in [-0.2, -0.15) is 0 Å². The standard InChI is InChI=1S/C16H21N3O3/c1-13-11-15(18-22-13)17-16(21)12-19(9-10-20)8-7-14-5-3-2-4-6-14/h2-6,11,20H,7-10,12H2,1H3,(H,17,18,21). The van der Waals surface area contributed by atoms with Crippen molar-refractivity contribution in [3.8, 4) is 0 Å². The molecule has 2 N–H and O–H groups in total. The SMILES string of the molecule is Cc1cc(NC(=O)CN(CCO)CCc2ccccc2)no1. The third-order valence-electron chi connectivity index (χ3n) is 3.24. The van der Waals surface area contributed by atoms with Crippen molar-refractivity contribution in [3.63, 3.8) is 0 Å². The molecule has 1 heterocycles. The predicted molar refractivity (Wildman–Crippen MR) is 83.5 cm³/mol. The Hall–Kier alpha value is -2.18. The number of carbonyl (C=O) groups is 1. The topological polar surface area (TPSA) is 78.6 Å². The molecule has 0 radical (unpaired) electrons. The molecule has 0 saturated heterocycles. The van der Waals surface area contributed by atoms with Crippen LogP contribution in [0.2, 0.25) is 0 Å². The van der Waals surface area contributed by atoms with Crippen molar-refractivity contribution in [2.45, 2.75) is 13.3 Å². The average molecular weight is 303 g/mol. The summed E-state index contributed by atoms with van der Waals surface area (Å²) >= 11 is 0. The number of benzene rings is 1. The summed E-state index contributed by atoms with van der Waals surface area (Å²) in [5.41, 5.74) is 1.21. The van der Waals surface area contributed by atoms with Crippen LogP contribution >= 0.6 is 0 Å². The van der Waals surface area contributed by atoms with Crippen molar-refractivity contribution < 1.29 is 14.4 Å². The lowest BCUT2D eigenvalue weighted by molar-refractivity contribution is -0.117. The molecule has 6 heteroatoms. The largest absolute Gasteiger partial charge is 0.395 e. The lowest BCUT2D eigenvalue weighted by atomic mass is 10.1. The van der Waals surface area contributed by atoms with Gasteiger partial charge in [-0.3, -0.25) is 9.69 Å². The number of anilines is 1. The summed E-state index contributed by atoms with van der Waals surface area (Å²) in [4.78, 5) is 13.9. The van der Waals surface area contributed by atoms with Crippen LogP contribution in [0.3, 0.4) is 0 Å². The van der Waals surface area contributed by atoms with Crippen LogP contribution in [0.5, 0.6) is 0 Å². The van der Waals surface area contributed by atoms with Crippen LogP contribution in [-0.4, -0.2) is 47.3 Å². The molecule has 0 aliphatic rings. The van der Waals surface area contributed by atoms with E-state index in [2.05, 4.69) is 22.6 Å². The van der Waals surface area contributed by atoms with Crippen molar-refractivity contribution in [2.24, 2.45) is 0 Å². The number of carbonyl (C=O) groups excluding carboxylic acids is 1. The van der Waals surface area contributed by atoms with Crippen LogP contribution < -0.4 is 5.32 Å². The van der Waals surface area contributed by atoms with Crippen LogP contribution in [0.4, 0.5) is 5.82 Å². The molecule has 118 valence electrons. The van der Waals surface area contributed by atoms with Crippen molar-refractivity contribution in [3.05, 3.63) is 47.7 Å². The highest BCUT2D eigenvalue weighted by Crippen LogP contribution is 2.07. The highest BCUT2D eigenvalue weighted by molar-refractivity contribution is 5.91. The predicted octanol–water partition coefficient (Wildman–Crippen LogP) is 1.46. The quantitative estimate of drug-likeness (QED) is 0.772. The fourth-order valence-corrected chi connectivity index (χ4v) is 2.15. The van der Waals surface area contributed by atoms with Crippen molar-refractivity contribution in [1.82, 2.24) is 10.1 Å². The van der Waals surface area contributed by atoms with E-state index in [9.17, 15) is 4.79 Å². The van der Waals surface area contributed by atoms with Gasteiger partial charge in [0.1, 0.15) is 5.76 Å². The maximum Gasteiger partial charge on any atom is 0.239 e. The van der Waals surface area contributed by atoms with Gasteiger partial charge in [-0.05, 0) is 18.9 Å². The van der Waals surface area contributed by atoms with E-state index in [1.165, 1.54) is 5.56 Å². The number of hydrogen-bond acceptors (Lipinski definition) is 5. The molecule has 0 atom stereocenters. The number of aliphatic hydroxyl groups is 1. The summed E-state index contributed by atoms with van der Waals surface area (Å²) in [6.07, 6.45) is 0.831. The van der Waals surface area contributed by atoms with E-state index >= 15 is 0 Å². The number of nitrogens with zero attached hydrogens (tertiary/aromatic N) is 2. The van der Waals surface area contributed by atoms with Gasteiger partial charge in [0.25, 0.3) is 0 Å².